The number of hydrazine groups is 1. The first-order valence-electron chi connectivity index (χ1n) is 5.33. The zero-order valence-electron chi connectivity index (χ0n) is 10.3. The van der Waals surface area contributed by atoms with Crippen LogP contribution in [-0.4, -0.2) is 22.1 Å². The van der Waals surface area contributed by atoms with E-state index in [1.54, 1.807) is 0 Å². The molecule has 0 saturated carbocycles. The second-order valence-electron chi connectivity index (χ2n) is 3.61. The van der Waals surface area contributed by atoms with Gasteiger partial charge in [-0.15, -0.1) is 4.98 Å². The van der Waals surface area contributed by atoms with Crippen molar-refractivity contribution in [2.24, 2.45) is 5.84 Å². The number of methoxy groups -OCH3 is 1. The number of ether oxygens (including phenoxy) is 2. The predicted molar refractivity (Wildman–Crippen MR) is 73.1 cm³/mol. The summed E-state index contributed by atoms with van der Waals surface area (Å²) in [5.74, 6) is 6.00. The summed E-state index contributed by atoms with van der Waals surface area (Å²) in [6.07, 6.45) is 0. The maximum atomic E-state index is 5.56. The molecule has 1 aromatic carbocycles. The molecular weight excluding hydrogens is 314 g/mol. The van der Waals surface area contributed by atoms with Crippen LogP contribution in [0.3, 0.4) is 0 Å². The fourth-order valence-electron chi connectivity index (χ4n) is 1.33. The van der Waals surface area contributed by atoms with Crippen LogP contribution >= 0.6 is 15.9 Å². The molecule has 0 aliphatic carbocycles. The zero-order valence-corrected chi connectivity index (χ0v) is 11.9. The molecule has 0 atom stereocenters. The third-order valence-electron chi connectivity index (χ3n) is 2.19. The molecule has 3 N–H and O–H groups in total. The average molecular weight is 326 g/mol. The van der Waals surface area contributed by atoms with Crippen LogP contribution in [0.15, 0.2) is 22.7 Å². The standard InChI is InChI=1S/C11H12BrN5O2/c1-6-3-4-8(7(12)5-6)19-11-15-9(17-13)14-10(16-11)18-2/h3-5H,13H2,1-2H3,(H,14,15,16,17). The highest BCUT2D eigenvalue weighted by atomic mass is 79.9. The molecule has 2 aromatic rings. The highest BCUT2D eigenvalue weighted by molar-refractivity contribution is 9.10. The van der Waals surface area contributed by atoms with E-state index in [-0.39, 0.29) is 18.0 Å². The number of nitrogens with two attached hydrogens (primary N) is 1. The largest absolute Gasteiger partial charge is 0.467 e. The van der Waals surface area contributed by atoms with Crippen LogP contribution in [0.4, 0.5) is 5.95 Å². The summed E-state index contributed by atoms with van der Waals surface area (Å²) in [6.45, 7) is 1.98. The Kier molecular flexibility index (Phi) is 4.13. The molecule has 0 aliphatic rings. The molecule has 1 heterocycles. The van der Waals surface area contributed by atoms with Gasteiger partial charge in [0, 0.05) is 0 Å². The number of nitrogen functional groups attached to an aromatic ring is 1. The summed E-state index contributed by atoms with van der Waals surface area (Å²) >= 11 is 3.41. The molecule has 0 aliphatic heterocycles. The number of nitrogens with zero attached hydrogens (tertiary/aromatic N) is 3. The van der Waals surface area contributed by atoms with Gasteiger partial charge in [0.15, 0.2) is 0 Å². The lowest BCUT2D eigenvalue weighted by atomic mass is 10.2. The smallest absolute Gasteiger partial charge is 0.330 e. The monoisotopic (exact) mass is 325 g/mol. The van der Waals surface area contributed by atoms with Gasteiger partial charge in [0.2, 0.25) is 5.95 Å². The van der Waals surface area contributed by atoms with Crippen LogP contribution in [0.2, 0.25) is 0 Å². The van der Waals surface area contributed by atoms with Crippen molar-refractivity contribution < 1.29 is 9.47 Å². The first-order chi connectivity index (χ1) is 9.12. The Morgan fingerprint density at radius 2 is 1.95 bits per heavy atom. The van der Waals surface area contributed by atoms with E-state index < -0.39 is 0 Å². The molecule has 8 heteroatoms. The lowest BCUT2D eigenvalue weighted by Crippen LogP contribution is -2.12. The van der Waals surface area contributed by atoms with E-state index in [0.29, 0.717) is 5.75 Å². The summed E-state index contributed by atoms with van der Waals surface area (Å²) in [4.78, 5) is 11.8. The fraction of sp³-hybridized carbons (Fsp3) is 0.182. The molecule has 0 saturated heterocycles. The van der Waals surface area contributed by atoms with Crippen LogP contribution < -0.4 is 20.7 Å². The average Bonchev–Trinajstić information content (AvgIpc) is 2.41. The van der Waals surface area contributed by atoms with Gasteiger partial charge in [0.25, 0.3) is 0 Å². The van der Waals surface area contributed by atoms with Gasteiger partial charge in [-0.25, -0.2) is 5.84 Å². The Balaban J connectivity index is 2.31. The molecule has 100 valence electrons. The number of rotatable bonds is 4. The van der Waals surface area contributed by atoms with Crippen molar-refractivity contribution in [2.45, 2.75) is 6.92 Å². The van der Waals surface area contributed by atoms with E-state index in [9.17, 15) is 0 Å². The first kappa shape index (κ1) is 13.5. The van der Waals surface area contributed by atoms with Gasteiger partial charge in [-0.05, 0) is 40.5 Å². The van der Waals surface area contributed by atoms with Crippen molar-refractivity contribution in [3.05, 3.63) is 28.2 Å². The Bertz CT molecular complexity index is 571. The van der Waals surface area contributed by atoms with E-state index in [1.807, 2.05) is 25.1 Å². The predicted octanol–water partition coefficient (Wildman–Crippen LogP) is 2.03. The second-order valence-corrected chi connectivity index (χ2v) is 4.46. The highest BCUT2D eigenvalue weighted by Gasteiger charge is 2.10. The number of aryl methyl sites for hydroxylation is 1. The molecule has 1 aromatic heterocycles. The minimum Gasteiger partial charge on any atom is -0.467 e. The minimum absolute atomic E-state index is 0.0874. The molecule has 0 amide bonds. The fourth-order valence-corrected chi connectivity index (χ4v) is 1.90. The van der Waals surface area contributed by atoms with E-state index in [2.05, 4.69) is 36.3 Å². The molecule has 0 bridgehead atoms. The van der Waals surface area contributed by atoms with Crippen molar-refractivity contribution in [3.63, 3.8) is 0 Å². The number of halogens is 1. The zero-order chi connectivity index (χ0) is 13.8. The van der Waals surface area contributed by atoms with Gasteiger partial charge < -0.3 is 9.47 Å². The topological polar surface area (TPSA) is 95.2 Å². The van der Waals surface area contributed by atoms with Crippen molar-refractivity contribution in [2.75, 3.05) is 12.5 Å². The van der Waals surface area contributed by atoms with Gasteiger partial charge >= 0.3 is 12.0 Å². The van der Waals surface area contributed by atoms with Crippen LogP contribution in [0.5, 0.6) is 17.8 Å². The number of hydrogen-bond acceptors (Lipinski definition) is 7. The maximum Gasteiger partial charge on any atom is 0.330 e. The summed E-state index contributed by atoms with van der Waals surface area (Å²) in [7, 11) is 1.45. The first-order valence-corrected chi connectivity index (χ1v) is 6.12. The van der Waals surface area contributed by atoms with Crippen LogP contribution in [0.25, 0.3) is 0 Å². The molecule has 2 rings (SSSR count). The van der Waals surface area contributed by atoms with E-state index in [4.69, 9.17) is 15.3 Å². The van der Waals surface area contributed by atoms with Gasteiger partial charge in [0.05, 0.1) is 11.6 Å². The van der Waals surface area contributed by atoms with Crippen LogP contribution in [0, 0.1) is 6.92 Å². The quantitative estimate of drug-likeness (QED) is 0.655. The molecule has 0 spiro atoms. The number of aromatic nitrogens is 3. The molecule has 7 nitrogen and oxygen atoms in total. The lowest BCUT2D eigenvalue weighted by molar-refractivity contribution is 0.359. The van der Waals surface area contributed by atoms with Crippen molar-refractivity contribution in [1.29, 1.82) is 0 Å². The highest BCUT2D eigenvalue weighted by Crippen LogP contribution is 2.29. The summed E-state index contributed by atoms with van der Waals surface area (Å²) < 4.78 is 11.3. The van der Waals surface area contributed by atoms with Gasteiger partial charge in [-0.3, -0.25) is 5.43 Å². The Morgan fingerprint density at radius 3 is 2.58 bits per heavy atom. The maximum absolute atomic E-state index is 5.56. The van der Waals surface area contributed by atoms with Gasteiger partial charge in [-0.1, -0.05) is 6.07 Å². The van der Waals surface area contributed by atoms with Crippen LogP contribution in [0.1, 0.15) is 5.56 Å². The Hall–Kier alpha value is -1.93. The van der Waals surface area contributed by atoms with Gasteiger partial charge in [0.1, 0.15) is 5.75 Å². The molecule has 0 radical (unpaired) electrons. The van der Waals surface area contributed by atoms with Crippen LogP contribution in [-0.2, 0) is 0 Å². The SMILES string of the molecule is COc1nc(NN)nc(Oc2ccc(C)cc2Br)n1. The Labute approximate surface area is 118 Å². The lowest BCUT2D eigenvalue weighted by Gasteiger charge is -2.08. The summed E-state index contributed by atoms with van der Waals surface area (Å²) in [6, 6.07) is 5.85. The molecule has 0 fully saturated rings. The number of nitrogens with one attached hydrogen (secondary N) is 1. The number of benzene rings is 1. The molecule has 19 heavy (non-hydrogen) atoms. The van der Waals surface area contributed by atoms with E-state index >= 15 is 0 Å². The third kappa shape index (κ3) is 3.30. The molecular formula is C11H12BrN5O2. The summed E-state index contributed by atoms with van der Waals surface area (Å²) in [5.41, 5.74) is 3.43. The number of hydrogen-bond donors (Lipinski definition) is 2. The normalized spacial score (nSPS) is 10.1. The third-order valence-corrected chi connectivity index (χ3v) is 2.81. The van der Waals surface area contributed by atoms with Crippen molar-refractivity contribution in [1.82, 2.24) is 15.0 Å². The Morgan fingerprint density at radius 1 is 1.21 bits per heavy atom. The number of anilines is 1. The van der Waals surface area contributed by atoms with Crippen molar-refractivity contribution >= 4 is 21.9 Å². The van der Waals surface area contributed by atoms with E-state index in [0.717, 1.165) is 10.0 Å². The minimum atomic E-state index is 0.0874. The van der Waals surface area contributed by atoms with Crippen molar-refractivity contribution in [3.8, 4) is 17.8 Å². The summed E-state index contributed by atoms with van der Waals surface area (Å²) in [5, 5.41) is 0. The van der Waals surface area contributed by atoms with E-state index in [1.165, 1.54) is 7.11 Å². The van der Waals surface area contributed by atoms with Gasteiger partial charge in [-0.2, -0.15) is 9.97 Å². The molecule has 0 unspecified atom stereocenters. The second kappa shape index (κ2) is 5.81.